The molecule has 2 aromatic carbocycles. The van der Waals surface area contributed by atoms with E-state index in [1.54, 1.807) is 0 Å². The van der Waals surface area contributed by atoms with E-state index < -0.39 is 40.6 Å². The van der Waals surface area contributed by atoms with Gasteiger partial charge in [-0.25, -0.2) is 22.0 Å². The Kier molecular flexibility index (Phi) is 4.13. The van der Waals surface area contributed by atoms with E-state index in [9.17, 15) is 26.7 Å². The van der Waals surface area contributed by atoms with Gasteiger partial charge in [-0.05, 0) is 24.3 Å². The first-order chi connectivity index (χ1) is 9.82. The number of halogens is 6. The lowest BCUT2D eigenvalue weighted by molar-refractivity contribution is 0.101. The molecule has 0 aliphatic heterocycles. The molecule has 0 aromatic heterocycles. The van der Waals surface area contributed by atoms with Crippen LogP contribution in [0.25, 0.3) is 0 Å². The fourth-order valence-corrected chi connectivity index (χ4v) is 1.66. The van der Waals surface area contributed by atoms with Gasteiger partial charge in [0.2, 0.25) is 5.82 Å². The van der Waals surface area contributed by atoms with Crippen LogP contribution >= 0.6 is 11.6 Å². The minimum Gasteiger partial charge on any atom is -0.322 e. The highest BCUT2D eigenvalue weighted by atomic mass is 35.5. The zero-order valence-corrected chi connectivity index (χ0v) is 10.7. The molecule has 1 N–H and O–H groups in total. The van der Waals surface area contributed by atoms with Gasteiger partial charge in [-0.15, -0.1) is 0 Å². The van der Waals surface area contributed by atoms with Gasteiger partial charge < -0.3 is 5.32 Å². The molecule has 0 saturated heterocycles. The Balaban J connectivity index is 2.42. The average Bonchev–Trinajstić information content (AvgIpc) is 2.46. The topological polar surface area (TPSA) is 29.1 Å². The minimum atomic E-state index is -2.33. The molecule has 0 unspecified atom stereocenters. The fraction of sp³-hybridized carbons (Fsp3) is 0. The van der Waals surface area contributed by atoms with Gasteiger partial charge in [0.15, 0.2) is 23.3 Å². The molecule has 0 aliphatic carbocycles. The van der Waals surface area contributed by atoms with Crippen molar-refractivity contribution in [3.63, 3.8) is 0 Å². The Bertz CT molecular complexity index is 688. The standard InChI is InChI=1S/C13H5ClF5NO/c14-5-1-3-6(4-2-5)20-13(21)7-8(15)10(17)12(19)11(18)9(7)16/h1-4H,(H,20,21). The van der Waals surface area contributed by atoms with Crippen LogP contribution in [0.2, 0.25) is 5.02 Å². The second kappa shape index (κ2) is 5.69. The van der Waals surface area contributed by atoms with Crippen molar-refractivity contribution in [3.8, 4) is 0 Å². The van der Waals surface area contributed by atoms with E-state index in [-0.39, 0.29) is 5.69 Å². The highest BCUT2D eigenvalue weighted by Crippen LogP contribution is 2.24. The summed E-state index contributed by atoms with van der Waals surface area (Å²) >= 11 is 5.60. The SMILES string of the molecule is O=C(Nc1ccc(Cl)cc1)c1c(F)c(F)c(F)c(F)c1F. The minimum absolute atomic E-state index is 0.0772. The van der Waals surface area contributed by atoms with Crippen LogP contribution in [0, 0.1) is 29.1 Å². The van der Waals surface area contributed by atoms with Gasteiger partial charge in [0.25, 0.3) is 5.91 Å². The molecule has 0 bridgehead atoms. The molecule has 0 atom stereocenters. The number of benzene rings is 2. The predicted molar refractivity (Wildman–Crippen MR) is 65.6 cm³/mol. The van der Waals surface area contributed by atoms with Crippen LogP contribution in [0.15, 0.2) is 24.3 Å². The van der Waals surface area contributed by atoms with E-state index in [4.69, 9.17) is 11.6 Å². The first kappa shape index (κ1) is 15.2. The molecular formula is C13H5ClF5NO. The van der Waals surface area contributed by atoms with Crippen molar-refractivity contribution in [2.24, 2.45) is 0 Å². The summed E-state index contributed by atoms with van der Waals surface area (Å²) in [6, 6.07) is 5.34. The van der Waals surface area contributed by atoms with Crippen LogP contribution in [0.3, 0.4) is 0 Å². The number of rotatable bonds is 2. The Labute approximate surface area is 120 Å². The third-order valence-corrected chi connectivity index (χ3v) is 2.79. The highest BCUT2D eigenvalue weighted by Gasteiger charge is 2.29. The van der Waals surface area contributed by atoms with Gasteiger partial charge in [0.05, 0.1) is 0 Å². The molecule has 1 amide bonds. The molecular weight excluding hydrogens is 317 g/mol. The summed E-state index contributed by atoms with van der Waals surface area (Å²) in [5, 5.41) is 2.34. The van der Waals surface area contributed by atoms with Crippen LogP contribution in [-0.2, 0) is 0 Å². The van der Waals surface area contributed by atoms with Crippen molar-refractivity contribution in [2.75, 3.05) is 5.32 Å². The predicted octanol–water partition coefficient (Wildman–Crippen LogP) is 4.29. The summed E-state index contributed by atoms with van der Waals surface area (Å²) in [5.41, 5.74) is -1.48. The highest BCUT2D eigenvalue weighted by molar-refractivity contribution is 6.30. The number of carbonyl (C=O) groups excluding carboxylic acids is 1. The van der Waals surface area contributed by atoms with E-state index in [1.807, 2.05) is 5.32 Å². The summed E-state index contributed by atoms with van der Waals surface area (Å²) in [6.07, 6.45) is 0. The Hall–Kier alpha value is -2.15. The van der Waals surface area contributed by atoms with Gasteiger partial charge in [0.1, 0.15) is 5.56 Å². The van der Waals surface area contributed by atoms with Crippen molar-refractivity contribution in [3.05, 3.63) is 63.9 Å². The third kappa shape index (κ3) is 2.82. The molecule has 0 radical (unpaired) electrons. The summed E-state index contributed by atoms with van der Waals surface area (Å²) in [4.78, 5) is 11.7. The van der Waals surface area contributed by atoms with E-state index in [1.165, 1.54) is 24.3 Å². The maximum atomic E-state index is 13.4. The number of anilines is 1. The summed E-state index contributed by atoms with van der Waals surface area (Å²) in [5.74, 6) is -12.6. The Morgan fingerprint density at radius 2 is 1.24 bits per heavy atom. The van der Waals surface area contributed by atoms with Crippen molar-refractivity contribution in [2.45, 2.75) is 0 Å². The zero-order valence-electron chi connectivity index (χ0n) is 9.99. The van der Waals surface area contributed by atoms with E-state index in [2.05, 4.69) is 0 Å². The second-order valence-corrected chi connectivity index (χ2v) is 4.34. The molecule has 0 saturated carbocycles. The van der Waals surface area contributed by atoms with Gasteiger partial charge in [-0.1, -0.05) is 11.6 Å². The van der Waals surface area contributed by atoms with Crippen molar-refractivity contribution in [1.82, 2.24) is 0 Å². The normalized spacial score (nSPS) is 10.6. The van der Waals surface area contributed by atoms with E-state index in [0.29, 0.717) is 5.02 Å². The molecule has 0 aliphatic rings. The quantitative estimate of drug-likeness (QED) is 0.499. The molecule has 2 nitrogen and oxygen atoms in total. The van der Waals surface area contributed by atoms with Crippen molar-refractivity contribution < 1.29 is 26.7 Å². The molecule has 21 heavy (non-hydrogen) atoms. The summed E-state index contributed by atoms with van der Waals surface area (Å²) < 4.78 is 65.7. The zero-order chi connectivity index (χ0) is 15.7. The average molecular weight is 322 g/mol. The Morgan fingerprint density at radius 3 is 1.71 bits per heavy atom. The lowest BCUT2D eigenvalue weighted by Gasteiger charge is -2.09. The van der Waals surface area contributed by atoms with Gasteiger partial charge in [-0.3, -0.25) is 4.79 Å². The molecule has 2 aromatic rings. The number of carbonyl (C=O) groups is 1. The van der Waals surface area contributed by atoms with Crippen LogP contribution < -0.4 is 5.32 Å². The first-order valence-electron chi connectivity index (χ1n) is 5.41. The van der Waals surface area contributed by atoms with E-state index in [0.717, 1.165) is 0 Å². The summed E-state index contributed by atoms with van der Waals surface area (Å²) in [7, 11) is 0. The first-order valence-corrected chi connectivity index (χ1v) is 5.79. The number of amides is 1. The number of nitrogens with one attached hydrogen (secondary N) is 1. The smallest absolute Gasteiger partial charge is 0.261 e. The van der Waals surface area contributed by atoms with Crippen LogP contribution in [-0.4, -0.2) is 5.91 Å². The lowest BCUT2D eigenvalue weighted by Crippen LogP contribution is -2.19. The van der Waals surface area contributed by atoms with E-state index >= 15 is 0 Å². The second-order valence-electron chi connectivity index (χ2n) is 3.91. The molecule has 8 heteroatoms. The van der Waals surface area contributed by atoms with Gasteiger partial charge in [0, 0.05) is 10.7 Å². The molecule has 0 heterocycles. The monoisotopic (exact) mass is 321 g/mol. The Morgan fingerprint density at radius 1 is 0.810 bits per heavy atom. The van der Waals surface area contributed by atoms with Crippen LogP contribution in [0.5, 0.6) is 0 Å². The fourth-order valence-electron chi connectivity index (χ4n) is 1.53. The van der Waals surface area contributed by atoms with Crippen molar-refractivity contribution in [1.29, 1.82) is 0 Å². The maximum absolute atomic E-state index is 13.4. The molecule has 0 fully saturated rings. The number of hydrogen-bond donors (Lipinski definition) is 1. The van der Waals surface area contributed by atoms with Crippen molar-refractivity contribution >= 4 is 23.2 Å². The molecule has 110 valence electrons. The third-order valence-electron chi connectivity index (χ3n) is 2.54. The molecule has 2 rings (SSSR count). The van der Waals surface area contributed by atoms with Gasteiger partial charge >= 0.3 is 0 Å². The van der Waals surface area contributed by atoms with Gasteiger partial charge in [-0.2, -0.15) is 0 Å². The summed E-state index contributed by atoms with van der Waals surface area (Å²) in [6.45, 7) is 0. The number of hydrogen-bond acceptors (Lipinski definition) is 1. The largest absolute Gasteiger partial charge is 0.322 e. The maximum Gasteiger partial charge on any atom is 0.261 e. The lowest BCUT2D eigenvalue weighted by atomic mass is 10.1. The molecule has 0 spiro atoms. The van der Waals surface area contributed by atoms with Crippen LogP contribution in [0.1, 0.15) is 10.4 Å². The van der Waals surface area contributed by atoms with Crippen LogP contribution in [0.4, 0.5) is 27.6 Å².